The molecule has 1 rings (SSSR count). The number of carbonyl (C=O) groups excluding carboxylic acids is 2. The molecule has 5 atom stereocenters. The molecule has 0 aliphatic carbocycles. The van der Waals surface area contributed by atoms with Crippen molar-refractivity contribution in [2.45, 2.75) is 44.6 Å². The summed E-state index contributed by atoms with van der Waals surface area (Å²) in [6.07, 6.45) is -6.82. The Morgan fingerprint density at radius 2 is 1.67 bits per heavy atom. The molecule has 2 unspecified atom stereocenters. The average Bonchev–Trinajstić information content (AvgIpc) is 2.27. The van der Waals surface area contributed by atoms with E-state index in [1.54, 1.807) is 0 Å². The van der Waals surface area contributed by atoms with Gasteiger partial charge in [0.15, 0.2) is 6.10 Å². The van der Waals surface area contributed by atoms with Crippen LogP contribution >= 0.6 is 0 Å². The summed E-state index contributed by atoms with van der Waals surface area (Å²) in [5, 5.41) is 28.3. The molecular weight excluding hydrogens is 248 g/mol. The molecule has 1 aliphatic heterocycles. The summed E-state index contributed by atoms with van der Waals surface area (Å²) in [6, 6.07) is 0. The van der Waals surface area contributed by atoms with E-state index in [0.29, 0.717) is 0 Å². The molecule has 0 amide bonds. The van der Waals surface area contributed by atoms with E-state index in [0.717, 1.165) is 13.8 Å². The molecule has 18 heavy (non-hydrogen) atoms. The van der Waals surface area contributed by atoms with Crippen LogP contribution in [0.5, 0.6) is 0 Å². The van der Waals surface area contributed by atoms with Crippen LogP contribution in [-0.4, -0.2) is 64.6 Å². The zero-order valence-electron chi connectivity index (χ0n) is 9.98. The third-order valence-electron chi connectivity index (χ3n) is 2.41. The monoisotopic (exact) mass is 264 g/mol. The van der Waals surface area contributed by atoms with E-state index in [-0.39, 0.29) is 0 Å². The fourth-order valence-electron chi connectivity index (χ4n) is 1.63. The number of esters is 2. The maximum Gasteiger partial charge on any atom is 0.305 e. The minimum atomic E-state index is -1.52. The highest BCUT2D eigenvalue weighted by molar-refractivity contribution is 5.67. The van der Waals surface area contributed by atoms with Gasteiger partial charge >= 0.3 is 11.9 Å². The van der Waals surface area contributed by atoms with Crippen molar-refractivity contribution in [1.82, 2.24) is 0 Å². The van der Waals surface area contributed by atoms with Gasteiger partial charge in [-0.15, -0.1) is 0 Å². The van der Waals surface area contributed by atoms with Gasteiger partial charge in [0.1, 0.15) is 18.3 Å². The van der Waals surface area contributed by atoms with Crippen molar-refractivity contribution < 1.29 is 39.1 Å². The minimum Gasteiger partial charge on any atom is -0.453 e. The Balaban J connectivity index is 2.86. The summed E-state index contributed by atoms with van der Waals surface area (Å²) in [6.45, 7) is 1.63. The summed E-state index contributed by atoms with van der Waals surface area (Å²) in [5.74, 6) is -1.44. The third-order valence-corrected chi connectivity index (χ3v) is 2.41. The Bertz CT molecular complexity index is 317. The zero-order chi connectivity index (χ0) is 13.9. The largest absolute Gasteiger partial charge is 0.453 e. The number of hydrogen-bond donors (Lipinski definition) is 3. The average molecular weight is 264 g/mol. The summed E-state index contributed by atoms with van der Waals surface area (Å²) >= 11 is 0. The van der Waals surface area contributed by atoms with Crippen molar-refractivity contribution in [3.05, 3.63) is 0 Å². The molecule has 0 aromatic heterocycles. The van der Waals surface area contributed by atoms with Crippen LogP contribution in [0.3, 0.4) is 0 Å². The van der Waals surface area contributed by atoms with Crippen LogP contribution in [0, 0.1) is 0 Å². The molecule has 0 aromatic carbocycles. The summed E-state index contributed by atoms with van der Waals surface area (Å²) in [5.41, 5.74) is 0. The third kappa shape index (κ3) is 3.39. The van der Waals surface area contributed by atoms with Crippen molar-refractivity contribution in [3.63, 3.8) is 0 Å². The molecule has 1 aliphatic rings. The van der Waals surface area contributed by atoms with Crippen molar-refractivity contribution in [2.24, 2.45) is 0 Å². The Labute approximate surface area is 103 Å². The van der Waals surface area contributed by atoms with Crippen molar-refractivity contribution in [1.29, 1.82) is 0 Å². The quantitative estimate of drug-likeness (QED) is 0.496. The zero-order valence-corrected chi connectivity index (χ0v) is 9.98. The predicted octanol–water partition coefficient (Wildman–Crippen LogP) is -2.08. The maximum absolute atomic E-state index is 10.9. The first kappa shape index (κ1) is 14.8. The predicted molar refractivity (Wildman–Crippen MR) is 55.1 cm³/mol. The molecule has 1 fully saturated rings. The van der Waals surface area contributed by atoms with Gasteiger partial charge in [0.2, 0.25) is 6.29 Å². The highest BCUT2D eigenvalue weighted by Crippen LogP contribution is 2.24. The van der Waals surface area contributed by atoms with E-state index in [2.05, 4.69) is 0 Å². The molecular formula is C10H16O8. The molecule has 0 aromatic rings. The summed E-state index contributed by atoms with van der Waals surface area (Å²) in [4.78, 5) is 21.8. The van der Waals surface area contributed by atoms with Gasteiger partial charge in [0.25, 0.3) is 0 Å². The van der Waals surface area contributed by atoms with E-state index >= 15 is 0 Å². The highest BCUT2D eigenvalue weighted by atomic mass is 16.7. The Hall–Kier alpha value is -1.22. The number of hydrogen-bond acceptors (Lipinski definition) is 8. The van der Waals surface area contributed by atoms with E-state index in [4.69, 9.17) is 19.3 Å². The summed E-state index contributed by atoms with van der Waals surface area (Å²) < 4.78 is 14.5. The SMILES string of the molecule is CC(=O)OC1[C@H](OC(C)=O)OC(CO)[C@@H](O)[C@@H]1O. The second kappa shape index (κ2) is 6.10. The van der Waals surface area contributed by atoms with Gasteiger partial charge in [-0.3, -0.25) is 9.59 Å². The first-order valence-corrected chi connectivity index (χ1v) is 5.33. The normalized spacial score (nSPS) is 35.9. The van der Waals surface area contributed by atoms with Gasteiger partial charge in [-0.25, -0.2) is 0 Å². The van der Waals surface area contributed by atoms with Gasteiger partial charge in [-0.1, -0.05) is 0 Å². The second-order valence-electron chi connectivity index (χ2n) is 3.89. The molecule has 1 saturated heterocycles. The molecule has 0 spiro atoms. The molecule has 0 bridgehead atoms. The lowest BCUT2D eigenvalue weighted by Gasteiger charge is -2.40. The van der Waals surface area contributed by atoms with Crippen molar-refractivity contribution in [2.75, 3.05) is 6.61 Å². The lowest BCUT2D eigenvalue weighted by molar-refractivity contribution is -0.295. The van der Waals surface area contributed by atoms with Crippen LogP contribution in [0.2, 0.25) is 0 Å². The first-order chi connectivity index (χ1) is 8.36. The summed E-state index contributed by atoms with van der Waals surface area (Å²) in [7, 11) is 0. The van der Waals surface area contributed by atoms with Crippen molar-refractivity contribution in [3.8, 4) is 0 Å². The van der Waals surface area contributed by atoms with Crippen LogP contribution in [0.15, 0.2) is 0 Å². The number of aliphatic hydroxyl groups excluding tert-OH is 3. The molecule has 1 heterocycles. The molecule has 104 valence electrons. The van der Waals surface area contributed by atoms with E-state index in [1.165, 1.54) is 0 Å². The van der Waals surface area contributed by atoms with Gasteiger partial charge in [0.05, 0.1) is 6.61 Å². The molecule has 8 nitrogen and oxygen atoms in total. The van der Waals surface area contributed by atoms with Gasteiger partial charge in [-0.2, -0.15) is 0 Å². The van der Waals surface area contributed by atoms with E-state index in [1.807, 2.05) is 0 Å². The van der Waals surface area contributed by atoms with E-state index in [9.17, 15) is 19.8 Å². The Morgan fingerprint density at radius 3 is 2.11 bits per heavy atom. The Morgan fingerprint density at radius 1 is 1.11 bits per heavy atom. The number of aliphatic hydroxyl groups is 3. The number of rotatable bonds is 3. The van der Waals surface area contributed by atoms with E-state index < -0.39 is 49.3 Å². The fourth-order valence-corrected chi connectivity index (χ4v) is 1.63. The smallest absolute Gasteiger partial charge is 0.305 e. The Kier molecular flexibility index (Phi) is 5.03. The molecule has 0 radical (unpaired) electrons. The number of carbonyl (C=O) groups is 2. The second-order valence-corrected chi connectivity index (χ2v) is 3.89. The topological polar surface area (TPSA) is 123 Å². The highest BCUT2D eigenvalue weighted by Gasteiger charge is 2.47. The van der Waals surface area contributed by atoms with Gasteiger partial charge in [0, 0.05) is 13.8 Å². The van der Waals surface area contributed by atoms with Crippen LogP contribution in [0.4, 0.5) is 0 Å². The standard InChI is InChI=1S/C10H16O8/c1-4(12)16-9-8(15)7(14)6(3-11)18-10(9)17-5(2)13/h6-11,14-15H,3H2,1-2H3/t6?,7-,8+,9?,10-/m1/s1. The fraction of sp³-hybridized carbons (Fsp3) is 0.800. The lowest BCUT2D eigenvalue weighted by Crippen LogP contribution is -2.60. The van der Waals surface area contributed by atoms with Crippen LogP contribution in [0.25, 0.3) is 0 Å². The molecule has 0 saturated carbocycles. The molecule has 3 N–H and O–H groups in total. The number of ether oxygens (including phenoxy) is 3. The van der Waals surface area contributed by atoms with Crippen molar-refractivity contribution >= 4 is 11.9 Å². The van der Waals surface area contributed by atoms with Crippen LogP contribution in [-0.2, 0) is 23.8 Å². The maximum atomic E-state index is 10.9. The first-order valence-electron chi connectivity index (χ1n) is 5.33. The van der Waals surface area contributed by atoms with Gasteiger partial charge < -0.3 is 29.5 Å². The van der Waals surface area contributed by atoms with Gasteiger partial charge in [-0.05, 0) is 0 Å². The van der Waals surface area contributed by atoms with Crippen LogP contribution in [0.1, 0.15) is 13.8 Å². The van der Waals surface area contributed by atoms with Crippen LogP contribution < -0.4 is 0 Å². The molecule has 8 heteroatoms. The minimum absolute atomic E-state index is 0.581. The lowest BCUT2D eigenvalue weighted by atomic mass is 9.99.